The molecule has 0 amide bonds. The first-order valence-corrected chi connectivity index (χ1v) is 10.3. The minimum absolute atomic E-state index is 0.212. The van der Waals surface area contributed by atoms with Gasteiger partial charge in [0.25, 0.3) is 0 Å². The quantitative estimate of drug-likeness (QED) is 0.572. The number of aromatic amines is 1. The summed E-state index contributed by atoms with van der Waals surface area (Å²) in [6, 6.07) is 4.62. The van der Waals surface area contributed by atoms with Crippen molar-refractivity contribution in [3.63, 3.8) is 0 Å². The summed E-state index contributed by atoms with van der Waals surface area (Å²) >= 11 is 0. The molecule has 1 aliphatic carbocycles. The van der Waals surface area contributed by atoms with Gasteiger partial charge >= 0.3 is 0 Å². The molecule has 1 aliphatic rings. The molecule has 0 fully saturated rings. The number of hydrogen-bond donors (Lipinski definition) is 2. The summed E-state index contributed by atoms with van der Waals surface area (Å²) < 4.78 is 0. The van der Waals surface area contributed by atoms with Crippen molar-refractivity contribution in [1.82, 2.24) is 10.3 Å². The van der Waals surface area contributed by atoms with Gasteiger partial charge in [0.15, 0.2) is 0 Å². The first-order chi connectivity index (χ1) is 13.2. The van der Waals surface area contributed by atoms with Gasteiger partial charge in [-0.2, -0.15) is 0 Å². The second kappa shape index (κ2) is 6.35. The number of aromatic nitrogens is 1. The zero-order valence-corrected chi connectivity index (χ0v) is 18.5. The predicted octanol–water partition coefficient (Wildman–Crippen LogP) is 6.09. The minimum atomic E-state index is -0.212. The Morgan fingerprint density at radius 1 is 0.929 bits per heavy atom. The van der Waals surface area contributed by atoms with Crippen LogP contribution in [0, 0.1) is 41.5 Å². The molecule has 2 aromatic carbocycles. The molecule has 146 valence electrons. The van der Waals surface area contributed by atoms with Crippen molar-refractivity contribution in [2.24, 2.45) is 0 Å². The zero-order chi connectivity index (χ0) is 20.4. The second-order valence-electron chi connectivity index (χ2n) is 8.75. The lowest BCUT2D eigenvalue weighted by Gasteiger charge is -2.35. The molecule has 2 heteroatoms. The highest BCUT2D eigenvalue weighted by atomic mass is 14.9. The molecule has 0 aliphatic heterocycles. The number of rotatable bonds is 3. The number of H-pyrrole nitrogens is 1. The molecule has 3 aromatic rings. The van der Waals surface area contributed by atoms with Crippen molar-refractivity contribution in [2.45, 2.75) is 60.4 Å². The van der Waals surface area contributed by atoms with Gasteiger partial charge in [0.1, 0.15) is 0 Å². The third kappa shape index (κ3) is 2.44. The van der Waals surface area contributed by atoms with Gasteiger partial charge in [0.05, 0.1) is 5.54 Å². The number of nitrogens with one attached hydrogen (secondary N) is 2. The SMILES string of the molecule is CNC(C)(C1=Cc2c(cc(C)c(C)c2C)C1)c1c(C)c(C)c(C)c2[nH]ccc12. The van der Waals surface area contributed by atoms with Crippen molar-refractivity contribution in [3.8, 4) is 0 Å². The maximum Gasteiger partial charge on any atom is 0.0634 e. The Hall–Kier alpha value is -2.32. The van der Waals surface area contributed by atoms with Gasteiger partial charge in [-0.25, -0.2) is 0 Å². The van der Waals surface area contributed by atoms with E-state index in [0.717, 1.165) is 6.42 Å². The molecule has 0 saturated carbocycles. The molecule has 2 nitrogen and oxygen atoms in total. The van der Waals surface area contributed by atoms with E-state index in [9.17, 15) is 0 Å². The average Bonchev–Trinajstić information content (AvgIpc) is 3.32. The number of fused-ring (bicyclic) bond motifs is 2. The van der Waals surface area contributed by atoms with Crippen LogP contribution < -0.4 is 5.32 Å². The van der Waals surface area contributed by atoms with E-state index in [1.165, 1.54) is 66.5 Å². The first kappa shape index (κ1) is 19.0. The molecule has 2 N–H and O–H groups in total. The van der Waals surface area contributed by atoms with Crippen LogP contribution in [0.15, 0.2) is 23.9 Å². The summed E-state index contributed by atoms with van der Waals surface area (Å²) in [7, 11) is 2.10. The Balaban J connectivity index is 1.96. The Labute approximate surface area is 169 Å². The van der Waals surface area contributed by atoms with E-state index in [1.807, 2.05) is 0 Å². The smallest absolute Gasteiger partial charge is 0.0634 e. The van der Waals surface area contributed by atoms with E-state index in [-0.39, 0.29) is 5.54 Å². The van der Waals surface area contributed by atoms with Crippen LogP contribution >= 0.6 is 0 Å². The van der Waals surface area contributed by atoms with Crippen LogP contribution in [0.5, 0.6) is 0 Å². The highest BCUT2D eigenvalue weighted by Crippen LogP contribution is 2.44. The minimum Gasteiger partial charge on any atom is -0.361 e. The fourth-order valence-corrected chi connectivity index (χ4v) is 5.12. The van der Waals surface area contributed by atoms with Crippen LogP contribution in [-0.2, 0) is 12.0 Å². The van der Waals surface area contributed by atoms with Crippen molar-refractivity contribution in [1.29, 1.82) is 0 Å². The first-order valence-electron chi connectivity index (χ1n) is 10.3. The van der Waals surface area contributed by atoms with Crippen LogP contribution in [0.1, 0.15) is 57.0 Å². The summed E-state index contributed by atoms with van der Waals surface area (Å²) in [4.78, 5) is 3.48. The second-order valence-corrected chi connectivity index (χ2v) is 8.75. The van der Waals surface area contributed by atoms with E-state index in [1.54, 1.807) is 0 Å². The molecular weight excluding hydrogens is 340 g/mol. The van der Waals surface area contributed by atoms with Crippen LogP contribution in [0.2, 0.25) is 0 Å². The maximum absolute atomic E-state index is 3.71. The van der Waals surface area contributed by atoms with E-state index in [2.05, 4.69) is 90.2 Å². The summed E-state index contributed by atoms with van der Waals surface area (Å²) in [6.45, 7) is 15.8. The molecule has 1 atom stereocenters. The molecule has 0 radical (unpaired) electrons. The molecule has 1 unspecified atom stereocenters. The van der Waals surface area contributed by atoms with E-state index < -0.39 is 0 Å². The standard InChI is InChI=1S/C26H32N2/c1-14-11-20-12-21(13-23(20)17(4)15(14)2)26(7,27-8)24-18(5)16(3)19(6)25-22(24)9-10-28-25/h9-11,13,27-28H,12H2,1-8H3. The van der Waals surface area contributed by atoms with Crippen LogP contribution in [0.3, 0.4) is 0 Å². The number of benzene rings is 2. The molecule has 0 spiro atoms. The predicted molar refractivity (Wildman–Crippen MR) is 121 cm³/mol. The highest BCUT2D eigenvalue weighted by Gasteiger charge is 2.36. The summed E-state index contributed by atoms with van der Waals surface area (Å²) in [5.74, 6) is 0. The Morgan fingerprint density at radius 2 is 1.64 bits per heavy atom. The summed E-state index contributed by atoms with van der Waals surface area (Å²) in [5.41, 5.74) is 15.1. The van der Waals surface area contributed by atoms with Crippen molar-refractivity contribution in [2.75, 3.05) is 7.05 Å². The summed E-state index contributed by atoms with van der Waals surface area (Å²) in [5, 5.41) is 5.04. The Morgan fingerprint density at radius 3 is 2.32 bits per heavy atom. The topological polar surface area (TPSA) is 27.8 Å². The lowest BCUT2D eigenvalue weighted by Crippen LogP contribution is -2.40. The average molecular weight is 373 g/mol. The maximum atomic E-state index is 3.71. The van der Waals surface area contributed by atoms with E-state index in [0.29, 0.717) is 0 Å². The van der Waals surface area contributed by atoms with Gasteiger partial charge in [-0.3, -0.25) is 0 Å². The van der Waals surface area contributed by atoms with Crippen molar-refractivity contribution in [3.05, 3.63) is 74.0 Å². The lowest BCUT2D eigenvalue weighted by molar-refractivity contribution is 0.470. The van der Waals surface area contributed by atoms with Gasteiger partial charge in [0.2, 0.25) is 0 Å². The van der Waals surface area contributed by atoms with Crippen LogP contribution in [0.25, 0.3) is 17.0 Å². The molecule has 0 saturated heterocycles. The Bertz CT molecular complexity index is 1140. The molecule has 1 heterocycles. The van der Waals surface area contributed by atoms with Gasteiger partial charge in [-0.15, -0.1) is 0 Å². The summed E-state index contributed by atoms with van der Waals surface area (Å²) in [6.07, 6.45) is 5.53. The fourth-order valence-electron chi connectivity index (χ4n) is 5.12. The van der Waals surface area contributed by atoms with E-state index in [4.69, 9.17) is 0 Å². The van der Waals surface area contributed by atoms with E-state index >= 15 is 0 Å². The molecule has 4 rings (SSSR count). The van der Waals surface area contributed by atoms with Gasteiger partial charge in [0, 0.05) is 17.1 Å². The van der Waals surface area contributed by atoms with Crippen LogP contribution in [-0.4, -0.2) is 12.0 Å². The molecule has 1 aromatic heterocycles. The van der Waals surface area contributed by atoms with Gasteiger partial charge in [-0.05, 0) is 124 Å². The van der Waals surface area contributed by atoms with Crippen molar-refractivity contribution >= 4 is 17.0 Å². The third-order valence-electron chi connectivity index (χ3n) is 7.53. The fraction of sp³-hybridized carbons (Fsp3) is 0.385. The molecule has 28 heavy (non-hydrogen) atoms. The zero-order valence-electron chi connectivity index (χ0n) is 18.5. The lowest BCUT2D eigenvalue weighted by atomic mass is 9.77. The normalized spacial score (nSPS) is 15.6. The highest BCUT2D eigenvalue weighted by molar-refractivity contribution is 5.90. The van der Waals surface area contributed by atoms with Crippen LogP contribution in [0.4, 0.5) is 0 Å². The monoisotopic (exact) mass is 372 g/mol. The molecular formula is C26H32N2. The molecule has 0 bridgehead atoms. The Kier molecular flexibility index (Phi) is 4.31. The van der Waals surface area contributed by atoms with Gasteiger partial charge in [-0.1, -0.05) is 12.1 Å². The number of hydrogen-bond acceptors (Lipinski definition) is 1. The largest absolute Gasteiger partial charge is 0.361 e. The number of aryl methyl sites for hydroxylation is 2. The third-order valence-corrected chi connectivity index (χ3v) is 7.53. The van der Waals surface area contributed by atoms with Gasteiger partial charge < -0.3 is 10.3 Å². The van der Waals surface area contributed by atoms with Crippen molar-refractivity contribution < 1.29 is 0 Å². The number of likely N-dealkylation sites (N-methyl/N-ethyl adjacent to an activating group) is 1.